The highest BCUT2D eigenvalue weighted by atomic mass is 31.1. The zero-order chi connectivity index (χ0) is 9.11. The molecule has 0 heterocycles. The number of hydrogen-bond acceptors (Lipinski definition) is 2. The summed E-state index contributed by atoms with van der Waals surface area (Å²) >= 11 is 0. The zero-order valence-corrected chi connectivity index (χ0v) is 8.13. The van der Waals surface area contributed by atoms with Crippen LogP contribution in [0.3, 0.4) is 0 Å². The van der Waals surface area contributed by atoms with E-state index in [1.54, 1.807) is 0 Å². The third-order valence-corrected chi connectivity index (χ3v) is 1.03. The molecule has 4 nitrogen and oxygen atoms in total. The van der Waals surface area contributed by atoms with Gasteiger partial charge in [-0.1, -0.05) is 19.8 Å². The molecule has 0 unspecified atom stereocenters. The first-order chi connectivity index (χ1) is 5.15. The highest BCUT2D eigenvalue weighted by molar-refractivity contribution is 7.30. The predicted octanol–water partition coefficient (Wildman–Crippen LogP) is 0.757. The molecule has 0 bridgehead atoms. The summed E-state index contributed by atoms with van der Waals surface area (Å²) in [6.45, 7) is 3.39. The summed E-state index contributed by atoms with van der Waals surface area (Å²) in [6, 6.07) is 0. The fourth-order valence-corrected chi connectivity index (χ4v) is 0.552. The number of nitrogens with one attached hydrogen (secondary N) is 1. The minimum absolute atomic E-state index is 1.17. The van der Waals surface area contributed by atoms with Crippen molar-refractivity contribution in [1.29, 1.82) is 0 Å². The second kappa shape index (κ2) is 12.8. The van der Waals surface area contributed by atoms with Crippen LogP contribution in [-0.4, -0.2) is 23.4 Å². The van der Waals surface area contributed by atoms with E-state index in [1.165, 1.54) is 25.8 Å². The first-order valence-corrected chi connectivity index (χ1v) is 5.01. The van der Waals surface area contributed by atoms with Gasteiger partial charge in [-0.3, -0.25) is 4.57 Å². The van der Waals surface area contributed by atoms with Gasteiger partial charge >= 0.3 is 8.25 Å². The average Bonchev–Trinajstić information content (AvgIpc) is 1.88. The second-order valence-electron chi connectivity index (χ2n) is 2.09. The smallest absolute Gasteiger partial charge is 0.314 e. The molecule has 0 atom stereocenters. The Labute approximate surface area is 68.6 Å². The molecule has 0 amide bonds. The van der Waals surface area contributed by atoms with Crippen molar-refractivity contribution in [3.05, 3.63) is 0 Å². The van der Waals surface area contributed by atoms with Crippen LogP contribution >= 0.6 is 8.25 Å². The maximum absolute atomic E-state index is 8.74. The molecular weight excluding hydrogens is 165 g/mol. The fraction of sp³-hybridized carbons (Fsp3) is 1.00. The lowest BCUT2D eigenvalue weighted by Crippen LogP contribution is -2.06. The van der Waals surface area contributed by atoms with Crippen LogP contribution < -0.4 is 5.32 Å². The molecule has 0 fully saturated rings. The molecule has 3 N–H and O–H groups in total. The molecule has 70 valence electrons. The highest BCUT2D eigenvalue weighted by Crippen LogP contribution is 1.98. The van der Waals surface area contributed by atoms with E-state index in [9.17, 15) is 0 Å². The van der Waals surface area contributed by atoms with Crippen molar-refractivity contribution in [2.45, 2.75) is 26.2 Å². The van der Waals surface area contributed by atoms with Gasteiger partial charge in [-0.05, 0) is 20.0 Å². The third-order valence-electron chi connectivity index (χ3n) is 1.03. The normalized spacial score (nSPS) is 9.18. The van der Waals surface area contributed by atoms with Gasteiger partial charge in [-0.25, -0.2) is 0 Å². The predicted molar refractivity (Wildman–Crippen MR) is 46.9 cm³/mol. The molecule has 0 aliphatic heterocycles. The van der Waals surface area contributed by atoms with Crippen molar-refractivity contribution in [3.63, 3.8) is 0 Å². The van der Waals surface area contributed by atoms with Crippen molar-refractivity contribution in [2.24, 2.45) is 0 Å². The Bertz CT molecular complexity index is 81.9. The molecule has 0 saturated heterocycles. The first kappa shape index (κ1) is 13.7. The molecule has 0 saturated carbocycles. The van der Waals surface area contributed by atoms with Gasteiger partial charge in [0.2, 0.25) is 0 Å². The van der Waals surface area contributed by atoms with Crippen LogP contribution in [0.5, 0.6) is 0 Å². The Hall–Kier alpha value is 0.110. The van der Waals surface area contributed by atoms with Crippen molar-refractivity contribution in [1.82, 2.24) is 5.32 Å². The number of unbranched alkanes of at least 4 members (excludes halogenated alkanes) is 2. The van der Waals surface area contributed by atoms with Crippen molar-refractivity contribution in [3.8, 4) is 0 Å². The van der Waals surface area contributed by atoms with Gasteiger partial charge in [0.1, 0.15) is 0 Å². The van der Waals surface area contributed by atoms with E-state index in [0.717, 1.165) is 0 Å². The summed E-state index contributed by atoms with van der Waals surface area (Å²) < 4.78 is 8.74. The molecule has 0 aliphatic rings. The third kappa shape index (κ3) is 39.4. The maximum atomic E-state index is 8.74. The van der Waals surface area contributed by atoms with E-state index in [1.807, 2.05) is 7.05 Å². The highest BCUT2D eigenvalue weighted by Gasteiger charge is 1.78. The maximum Gasteiger partial charge on any atom is 0.314 e. The van der Waals surface area contributed by atoms with E-state index in [4.69, 9.17) is 14.4 Å². The fourth-order valence-electron chi connectivity index (χ4n) is 0.552. The van der Waals surface area contributed by atoms with E-state index in [0.29, 0.717) is 0 Å². The largest absolute Gasteiger partial charge is 0.326 e. The monoisotopic (exact) mass is 183 g/mol. The van der Waals surface area contributed by atoms with Crippen LogP contribution in [-0.2, 0) is 4.57 Å². The minimum Gasteiger partial charge on any atom is -0.326 e. The van der Waals surface area contributed by atoms with Crippen LogP contribution in [0.25, 0.3) is 0 Å². The van der Waals surface area contributed by atoms with Crippen LogP contribution in [0.15, 0.2) is 0 Å². The molecule has 11 heavy (non-hydrogen) atoms. The Morgan fingerprint density at radius 1 is 1.36 bits per heavy atom. The van der Waals surface area contributed by atoms with E-state index >= 15 is 0 Å². The molecule has 0 aromatic carbocycles. The first-order valence-electron chi connectivity index (χ1n) is 3.71. The SMILES string of the molecule is CCCCCNC.O=[PH](O)O. The van der Waals surface area contributed by atoms with Crippen LogP contribution in [0, 0.1) is 0 Å². The minimum atomic E-state index is -3.13. The average molecular weight is 183 g/mol. The molecular formula is C6H18NO3P. The van der Waals surface area contributed by atoms with E-state index in [2.05, 4.69) is 12.2 Å². The summed E-state index contributed by atoms with van der Waals surface area (Å²) in [5.41, 5.74) is 0. The van der Waals surface area contributed by atoms with Crippen molar-refractivity contribution < 1.29 is 14.4 Å². The summed E-state index contributed by atoms with van der Waals surface area (Å²) in [6.07, 6.45) is 4.01. The van der Waals surface area contributed by atoms with Crippen molar-refractivity contribution in [2.75, 3.05) is 13.6 Å². The summed E-state index contributed by atoms with van der Waals surface area (Å²) in [5, 5.41) is 3.10. The van der Waals surface area contributed by atoms with Crippen LogP contribution in [0.1, 0.15) is 26.2 Å². The number of rotatable bonds is 4. The standard InChI is InChI=1S/C6H15N.H3O3P/c1-3-4-5-6-7-2;1-4(2)3/h7H,3-6H2,1-2H3;4H,(H2,1,2,3). The summed E-state index contributed by atoms with van der Waals surface area (Å²) in [7, 11) is -1.13. The molecule has 0 aliphatic carbocycles. The molecule has 0 radical (unpaired) electrons. The molecule has 0 spiro atoms. The lowest BCUT2D eigenvalue weighted by Gasteiger charge is -1.93. The second-order valence-corrected chi connectivity index (χ2v) is 2.66. The zero-order valence-electron chi connectivity index (χ0n) is 7.13. The summed E-state index contributed by atoms with van der Waals surface area (Å²) in [5.74, 6) is 0. The van der Waals surface area contributed by atoms with Gasteiger partial charge < -0.3 is 15.1 Å². The number of hydrogen-bond donors (Lipinski definition) is 3. The Morgan fingerprint density at radius 3 is 2.09 bits per heavy atom. The van der Waals surface area contributed by atoms with Gasteiger partial charge in [-0.2, -0.15) is 0 Å². The summed E-state index contributed by atoms with van der Waals surface area (Å²) in [4.78, 5) is 14.3. The lowest BCUT2D eigenvalue weighted by atomic mass is 10.2. The lowest BCUT2D eigenvalue weighted by molar-refractivity contribution is 0.405. The van der Waals surface area contributed by atoms with Gasteiger partial charge in [0.25, 0.3) is 0 Å². The Balaban J connectivity index is 0. The van der Waals surface area contributed by atoms with Gasteiger partial charge in [0.05, 0.1) is 0 Å². The molecule has 0 rings (SSSR count). The van der Waals surface area contributed by atoms with Crippen LogP contribution in [0.2, 0.25) is 0 Å². The van der Waals surface area contributed by atoms with Crippen LogP contribution in [0.4, 0.5) is 0 Å². The van der Waals surface area contributed by atoms with Gasteiger partial charge in [-0.15, -0.1) is 0 Å². The van der Waals surface area contributed by atoms with Gasteiger partial charge in [0.15, 0.2) is 0 Å². The van der Waals surface area contributed by atoms with E-state index < -0.39 is 8.25 Å². The molecule has 0 aromatic rings. The quantitative estimate of drug-likeness (QED) is 0.444. The topological polar surface area (TPSA) is 69.6 Å². The van der Waals surface area contributed by atoms with E-state index in [-0.39, 0.29) is 0 Å². The molecule has 0 aromatic heterocycles. The Kier molecular flexibility index (Phi) is 15.9. The van der Waals surface area contributed by atoms with Gasteiger partial charge in [0, 0.05) is 0 Å². The Morgan fingerprint density at radius 2 is 1.82 bits per heavy atom. The van der Waals surface area contributed by atoms with Crippen molar-refractivity contribution >= 4 is 8.25 Å². The molecule has 5 heteroatoms.